The molecule has 0 aliphatic heterocycles. The van der Waals surface area contributed by atoms with Crippen molar-refractivity contribution >= 4 is 5.57 Å². The van der Waals surface area contributed by atoms with Crippen LogP contribution in [0.2, 0.25) is 0 Å². The Bertz CT molecular complexity index is 1220. The molecule has 0 saturated carbocycles. The topological polar surface area (TPSA) is 0 Å². The molecule has 0 nitrogen and oxygen atoms in total. The third kappa shape index (κ3) is 6.98. The van der Waals surface area contributed by atoms with Gasteiger partial charge in [-0.25, -0.2) is 13.2 Å². The first-order valence-corrected chi connectivity index (χ1v) is 14.6. The van der Waals surface area contributed by atoms with Gasteiger partial charge in [0.1, 0.15) is 5.82 Å². The Morgan fingerprint density at radius 1 is 0.684 bits per heavy atom. The van der Waals surface area contributed by atoms with Gasteiger partial charge in [-0.05, 0) is 71.9 Å². The number of hydrogen-bond acceptors (Lipinski definition) is 0. The third-order valence-corrected chi connectivity index (χ3v) is 8.02. The molecule has 1 unspecified atom stereocenters. The maximum absolute atomic E-state index is 15.1. The molecule has 0 fully saturated rings. The molecule has 0 saturated heterocycles. The van der Waals surface area contributed by atoms with Gasteiger partial charge in [-0.2, -0.15) is 0 Å². The van der Waals surface area contributed by atoms with Crippen LogP contribution in [0.4, 0.5) is 13.2 Å². The molecule has 0 bridgehead atoms. The van der Waals surface area contributed by atoms with Crippen LogP contribution in [0.1, 0.15) is 95.6 Å². The predicted octanol–water partition coefficient (Wildman–Crippen LogP) is 11.3. The zero-order valence-electron chi connectivity index (χ0n) is 23.0. The van der Waals surface area contributed by atoms with E-state index in [0.29, 0.717) is 23.1 Å². The first kappa shape index (κ1) is 28.2. The van der Waals surface area contributed by atoms with E-state index in [1.807, 2.05) is 24.3 Å². The number of rotatable bonds is 12. The fourth-order valence-corrected chi connectivity index (χ4v) is 5.70. The summed E-state index contributed by atoms with van der Waals surface area (Å²) < 4.78 is 44.8. The van der Waals surface area contributed by atoms with Crippen LogP contribution in [-0.4, -0.2) is 0 Å². The highest BCUT2D eigenvalue weighted by Crippen LogP contribution is 2.35. The lowest BCUT2D eigenvalue weighted by Crippen LogP contribution is -2.05. The van der Waals surface area contributed by atoms with Gasteiger partial charge < -0.3 is 0 Å². The quantitative estimate of drug-likeness (QED) is 0.209. The summed E-state index contributed by atoms with van der Waals surface area (Å²) >= 11 is 0. The van der Waals surface area contributed by atoms with Crippen molar-refractivity contribution in [3.63, 3.8) is 0 Å². The highest BCUT2D eigenvalue weighted by atomic mass is 19.2. The molecular formula is C35H41F3. The molecule has 0 N–H and O–H groups in total. The Morgan fingerprint density at radius 3 is 2.05 bits per heavy atom. The third-order valence-electron chi connectivity index (χ3n) is 8.02. The molecule has 0 spiro atoms. The lowest BCUT2D eigenvalue weighted by Gasteiger charge is -2.22. The average molecular weight is 519 g/mol. The number of unbranched alkanes of at least 4 members (excludes halogenated alkanes) is 5. The zero-order chi connectivity index (χ0) is 26.9. The number of halogens is 3. The van der Waals surface area contributed by atoms with Gasteiger partial charge in [-0.3, -0.25) is 0 Å². The summed E-state index contributed by atoms with van der Waals surface area (Å²) in [5, 5.41) is 0. The molecule has 3 aromatic carbocycles. The summed E-state index contributed by atoms with van der Waals surface area (Å²) in [7, 11) is 0. The van der Waals surface area contributed by atoms with Crippen LogP contribution in [0.3, 0.4) is 0 Å². The molecular weight excluding hydrogens is 477 g/mol. The Morgan fingerprint density at radius 2 is 1.37 bits per heavy atom. The van der Waals surface area contributed by atoms with Crippen molar-refractivity contribution in [1.29, 1.82) is 0 Å². The molecule has 38 heavy (non-hydrogen) atoms. The van der Waals surface area contributed by atoms with Crippen LogP contribution < -0.4 is 0 Å². The van der Waals surface area contributed by atoms with E-state index in [2.05, 4.69) is 19.9 Å². The summed E-state index contributed by atoms with van der Waals surface area (Å²) in [6.07, 6.45) is 15.0. The average Bonchev–Trinajstić information content (AvgIpc) is 2.94. The van der Waals surface area contributed by atoms with Gasteiger partial charge in [0.2, 0.25) is 0 Å². The SMILES string of the molecule is CCCCCCCCc1ccc(-c2ccc(-c3ccc(C4=CCC(CCC)CC4)c(F)c3)cc2)c(F)c1F. The Kier molecular flexibility index (Phi) is 10.3. The minimum atomic E-state index is -0.793. The molecule has 1 aliphatic rings. The fraction of sp³-hybridized carbons (Fsp3) is 0.429. The molecule has 1 aliphatic carbocycles. The van der Waals surface area contributed by atoms with E-state index in [0.717, 1.165) is 61.1 Å². The van der Waals surface area contributed by atoms with E-state index in [1.54, 1.807) is 30.3 Å². The molecule has 0 amide bonds. The molecule has 202 valence electrons. The van der Waals surface area contributed by atoms with Crippen LogP contribution in [0.25, 0.3) is 27.8 Å². The first-order valence-electron chi connectivity index (χ1n) is 14.6. The van der Waals surface area contributed by atoms with Gasteiger partial charge in [0.25, 0.3) is 0 Å². The standard InChI is InChI=1S/C35H41F3/c1-3-5-6-7-8-9-11-29-20-23-32(35(38)34(29)37)28-18-16-26(17-19-28)30-21-22-31(33(36)24-30)27-14-12-25(10-4-2)13-15-27/h14,16-25H,3-13,15H2,1-2H3. The van der Waals surface area contributed by atoms with Gasteiger partial charge in [0.05, 0.1) is 0 Å². The molecule has 0 aromatic heterocycles. The van der Waals surface area contributed by atoms with Crippen molar-refractivity contribution in [3.8, 4) is 22.3 Å². The minimum absolute atomic E-state index is 0.208. The highest BCUT2D eigenvalue weighted by molar-refractivity contribution is 5.74. The second-order valence-electron chi connectivity index (χ2n) is 10.8. The van der Waals surface area contributed by atoms with E-state index in [-0.39, 0.29) is 11.4 Å². The van der Waals surface area contributed by atoms with Crippen LogP contribution in [0.15, 0.2) is 60.7 Å². The van der Waals surface area contributed by atoms with Crippen molar-refractivity contribution in [3.05, 3.63) is 89.3 Å². The van der Waals surface area contributed by atoms with Gasteiger partial charge in [-0.1, -0.05) is 113 Å². The van der Waals surface area contributed by atoms with E-state index < -0.39 is 11.6 Å². The van der Waals surface area contributed by atoms with E-state index >= 15 is 4.39 Å². The molecule has 4 rings (SSSR count). The van der Waals surface area contributed by atoms with E-state index in [9.17, 15) is 8.78 Å². The number of benzene rings is 3. The van der Waals surface area contributed by atoms with Crippen molar-refractivity contribution in [2.24, 2.45) is 5.92 Å². The van der Waals surface area contributed by atoms with E-state index in [1.165, 1.54) is 32.1 Å². The zero-order valence-corrected chi connectivity index (χ0v) is 23.0. The summed E-state index contributed by atoms with van der Waals surface area (Å²) in [6.45, 7) is 4.40. The monoisotopic (exact) mass is 518 g/mol. The van der Waals surface area contributed by atoms with Crippen molar-refractivity contribution in [1.82, 2.24) is 0 Å². The molecule has 3 aromatic rings. The van der Waals surface area contributed by atoms with Gasteiger partial charge in [0, 0.05) is 11.1 Å². The van der Waals surface area contributed by atoms with Crippen LogP contribution in [-0.2, 0) is 6.42 Å². The Balaban J connectivity index is 1.43. The van der Waals surface area contributed by atoms with Gasteiger partial charge in [0.15, 0.2) is 11.6 Å². The minimum Gasteiger partial charge on any atom is -0.206 e. The maximum atomic E-state index is 15.1. The normalized spacial score (nSPS) is 15.5. The Hall–Kier alpha value is -2.81. The Labute approximate surface area is 227 Å². The predicted molar refractivity (Wildman–Crippen MR) is 154 cm³/mol. The lowest BCUT2D eigenvalue weighted by molar-refractivity contribution is 0.444. The maximum Gasteiger partial charge on any atom is 0.166 e. The number of allylic oxidation sites excluding steroid dienone is 2. The van der Waals surface area contributed by atoms with Crippen molar-refractivity contribution < 1.29 is 13.2 Å². The van der Waals surface area contributed by atoms with Gasteiger partial charge in [-0.15, -0.1) is 0 Å². The van der Waals surface area contributed by atoms with Crippen molar-refractivity contribution in [2.45, 2.75) is 90.9 Å². The molecule has 1 atom stereocenters. The first-order chi connectivity index (χ1) is 18.5. The fourth-order valence-electron chi connectivity index (χ4n) is 5.70. The van der Waals surface area contributed by atoms with E-state index in [4.69, 9.17) is 0 Å². The lowest BCUT2D eigenvalue weighted by atomic mass is 9.84. The number of hydrogen-bond donors (Lipinski definition) is 0. The number of aryl methyl sites for hydroxylation is 1. The van der Waals surface area contributed by atoms with Crippen molar-refractivity contribution in [2.75, 3.05) is 0 Å². The smallest absolute Gasteiger partial charge is 0.166 e. The van der Waals surface area contributed by atoms with Gasteiger partial charge >= 0.3 is 0 Å². The summed E-state index contributed by atoms with van der Waals surface area (Å²) in [5.41, 5.74) is 4.74. The summed E-state index contributed by atoms with van der Waals surface area (Å²) in [5.74, 6) is -1.02. The largest absolute Gasteiger partial charge is 0.206 e. The van der Waals surface area contributed by atoms with Crippen LogP contribution in [0, 0.1) is 23.4 Å². The second kappa shape index (κ2) is 13.8. The highest BCUT2D eigenvalue weighted by Gasteiger charge is 2.18. The summed E-state index contributed by atoms with van der Waals surface area (Å²) in [6, 6.07) is 16.1. The second-order valence-corrected chi connectivity index (χ2v) is 10.8. The molecule has 0 heterocycles. The van der Waals surface area contributed by atoms with Crippen LogP contribution >= 0.6 is 0 Å². The molecule has 3 heteroatoms. The molecule has 0 radical (unpaired) electrons. The van der Waals surface area contributed by atoms with Crippen LogP contribution in [0.5, 0.6) is 0 Å². The summed E-state index contributed by atoms with van der Waals surface area (Å²) in [4.78, 5) is 0.